The number of hydrogen-bond donors (Lipinski definition) is 0. The summed E-state index contributed by atoms with van der Waals surface area (Å²) in [4.78, 5) is 0. The van der Waals surface area contributed by atoms with E-state index < -0.39 is 0 Å². The molecule has 2 bridgehead atoms. The minimum atomic E-state index is 0.459. The van der Waals surface area contributed by atoms with Crippen LogP contribution in [0.5, 0.6) is 0 Å². The predicted octanol–water partition coefficient (Wildman–Crippen LogP) is 3.18. The van der Waals surface area contributed by atoms with E-state index in [1.165, 1.54) is 12.0 Å². The van der Waals surface area contributed by atoms with Crippen molar-refractivity contribution in [2.24, 2.45) is 23.7 Å². The summed E-state index contributed by atoms with van der Waals surface area (Å²) in [5.74, 6) is 3.20. The average Bonchev–Trinajstić information content (AvgIpc) is 2.77. The third-order valence-electron chi connectivity index (χ3n) is 4.63. The Hall–Kier alpha value is -0.560. The van der Waals surface area contributed by atoms with Gasteiger partial charge in [0.15, 0.2) is 0 Å². The second-order valence-corrected chi connectivity index (χ2v) is 5.50. The molecule has 15 heavy (non-hydrogen) atoms. The van der Waals surface area contributed by atoms with Gasteiger partial charge >= 0.3 is 0 Å². The van der Waals surface area contributed by atoms with Crippen molar-refractivity contribution in [3.63, 3.8) is 0 Å². The van der Waals surface area contributed by atoms with Gasteiger partial charge in [0.1, 0.15) is 0 Å². The van der Waals surface area contributed by atoms with E-state index in [1.54, 1.807) is 0 Å². The highest BCUT2D eigenvalue weighted by Gasteiger charge is 2.46. The first-order valence-electron chi connectivity index (χ1n) is 6.22. The molecule has 5 atom stereocenters. The molecule has 0 N–H and O–H groups in total. The molecule has 1 heteroatoms. The minimum absolute atomic E-state index is 0.459. The van der Waals surface area contributed by atoms with Crippen molar-refractivity contribution in [1.29, 1.82) is 0 Å². The maximum Gasteiger partial charge on any atom is 0.0648 e. The highest BCUT2D eigenvalue weighted by Crippen LogP contribution is 2.51. The van der Waals surface area contributed by atoms with Gasteiger partial charge in [0, 0.05) is 0 Å². The fraction of sp³-hybridized carbons (Fsp3) is 0.714. The van der Waals surface area contributed by atoms with Crippen LogP contribution >= 0.6 is 0 Å². The number of ether oxygens (including phenoxy) is 1. The van der Waals surface area contributed by atoms with Crippen molar-refractivity contribution in [2.75, 3.05) is 6.61 Å². The third kappa shape index (κ3) is 1.48. The van der Waals surface area contributed by atoms with E-state index in [0.717, 1.165) is 43.1 Å². The molecule has 3 rings (SSSR count). The number of allylic oxidation sites excluding steroid dienone is 2. The first kappa shape index (κ1) is 9.65. The van der Waals surface area contributed by atoms with Crippen molar-refractivity contribution in [3.8, 4) is 0 Å². The summed E-state index contributed by atoms with van der Waals surface area (Å²) in [6.07, 6.45) is 8.85. The lowest BCUT2D eigenvalue weighted by Gasteiger charge is -2.35. The predicted molar refractivity (Wildman–Crippen MR) is 61.5 cm³/mol. The van der Waals surface area contributed by atoms with Crippen LogP contribution in [0.3, 0.4) is 0 Å². The quantitative estimate of drug-likeness (QED) is 0.596. The molecule has 0 aromatic carbocycles. The lowest BCUT2D eigenvalue weighted by atomic mass is 9.78. The largest absolute Gasteiger partial charge is 0.377 e. The molecule has 1 nitrogen and oxygen atoms in total. The summed E-state index contributed by atoms with van der Waals surface area (Å²) in [6, 6.07) is 0. The number of hydrogen-bond acceptors (Lipinski definition) is 1. The van der Waals surface area contributed by atoms with Crippen LogP contribution in [-0.4, -0.2) is 12.7 Å². The van der Waals surface area contributed by atoms with Crippen LogP contribution < -0.4 is 0 Å². The first-order valence-corrected chi connectivity index (χ1v) is 6.22. The van der Waals surface area contributed by atoms with Gasteiger partial charge in [-0.25, -0.2) is 0 Å². The molecule has 3 aliphatic rings. The van der Waals surface area contributed by atoms with Crippen molar-refractivity contribution >= 4 is 0 Å². The van der Waals surface area contributed by atoms with Gasteiger partial charge in [0.05, 0.1) is 12.7 Å². The molecule has 0 spiro atoms. The minimum Gasteiger partial charge on any atom is -0.377 e. The van der Waals surface area contributed by atoms with E-state index >= 15 is 0 Å². The summed E-state index contributed by atoms with van der Waals surface area (Å²) in [5, 5.41) is 0. The van der Waals surface area contributed by atoms with Gasteiger partial charge < -0.3 is 4.74 Å². The molecule has 0 radical (unpaired) electrons. The SMILES string of the molecule is C=C1CCOC(C2C3C=CC(C3)C2C)C1. The van der Waals surface area contributed by atoms with Crippen LogP contribution in [0, 0.1) is 23.7 Å². The van der Waals surface area contributed by atoms with Gasteiger partial charge in [-0.1, -0.05) is 31.2 Å². The molecule has 2 fully saturated rings. The lowest BCUT2D eigenvalue weighted by molar-refractivity contribution is -0.0236. The molecule has 1 saturated carbocycles. The Labute approximate surface area is 92.2 Å². The molecule has 0 aromatic rings. The first-order chi connectivity index (χ1) is 7.25. The lowest BCUT2D eigenvalue weighted by Crippen LogP contribution is -2.35. The molecule has 1 heterocycles. The average molecular weight is 204 g/mol. The molecule has 2 aliphatic carbocycles. The van der Waals surface area contributed by atoms with Gasteiger partial charge in [-0.3, -0.25) is 0 Å². The number of fused-ring (bicyclic) bond motifs is 2. The Kier molecular flexibility index (Phi) is 2.24. The zero-order valence-corrected chi connectivity index (χ0v) is 9.49. The van der Waals surface area contributed by atoms with Gasteiger partial charge in [-0.05, 0) is 42.9 Å². The van der Waals surface area contributed by atoms with Gasteiger partial charge in [0.25, 0.3) is 0 Å². The summed E-state index contributed by atoms with van der Waals surface area (Å²) in [5.41, 5.74) is 1.39. The molecule has 5 unspecified atom stereocenters. The highest BCUT2D eigenvalue weighted by atomic mass is 16.5. The molecule has 0 aromatic heterocycles. The van der Waals surface area contributed by atoms with E-state index in [1.807, 2.05) is 0 Å². The monoisotopic (exact) mass is 204 g/mol. The molecular weight excluding hydrogens is 184 g/mol. The standard InChI is InChI=1S/C14H20O/c1-9-5-6-15-13(7-9)14-10(2)11-3-4-12(14)8-11/h3-4,10-14H,1,5-8H2,2H3. The van der Waals surface area contributed by atoms with Crippen LogP contribution in [-0.2, 0) is 4.74 Å². The molecule has 0 amide bonds. The Bertz CT molecular complexity index is 304. The van der Waals surface area contributed by atoms with Crippen molar-refractivity contribution in [2.45, 2.75) is 32.3 Å². The highest BCUT2D eigenvalue weighted by molar-refractivity contribution is 5.15. The Morgan fingerprint density at radius 1 is 1.33 bits per heavy atom. The Morgan fingerprint density at radius 2 is 2.13 bits per heavy atom. The van der Waals surface area contributed by atoms with Gasteiger partial charge in [0.2, 0.25) is 0 Å². The van der Waals surface area contributed by atoms with E-state index in [4.69, 9.17) is 4.74 Å². The third-order valence-corrected chi connectivity index (χ3v) is 4.63. The Balaban J connectivity index is 1.77. The van der Waals surface area contributed by atoms with Crippen molar-refractivity contribution in [1.82, 2.24) is 0 Å². The number of rotatable bonds is 1. The maximum absolute atomic E-state index is 5.96. The summed E-state index contributed by atoms with van der Waals surface area (Å²) < 4.78 is 5.96. The van der Waals surface area contributed by atoms with Crippen LogP contribution in [0.2, 0.25) is 0 Å². The van der Waals surface area contributed by atoms with Gasteiger partial charge in [-0.15, -0.1) is 0 Å². The zero-order valence-electron chi connectivity index (χ0n) is 9.49. The molecule has 1 aliphatic heterocycles. The van der Waals surface area contributed by atoms with Gasteiger partial charge in [-0.2, -0.15) is 0 Å². The topological polar surface area (TPSA) is 9.23 Å². The van der Waals surface area contributed by atoms with Crippen molar-refractivity contribution in [3.05, 3.63) is 24.3 Å². The van der Waals surface area contributed by atoms with Crippen LogP contribution in [0.4, 0.5) is 0 Å². The normalized spacial score (nSPS) is 48.9. The zero-order chi connectivity index (χ0) is 10.4. The smallest absolute Gasteiger partial charge is 0.0648 e. The van der Waals surface area contributed by atoms with Crippen LogP contribution in [0.25, 0.3) is 0 Å². The summed E-state index contributed by atoms with van der Waals surface area (Å²) in [7, 11) is 0. The van der Waals surface area contributed by atoms with E-state index in [0.29, 0.717) is 6.10 Å². The van der Waals surface area contributed by atoms with Crippen LogP contribution in [0.15, 0.2) is 24.3 Å². The van der Waals surface area contributed by atoms with Crippen molar-refractivity contribution < 1.29 is 4.74 Å². The molecule has 82 valence electrons. The molecule has 1 saturated heterocycles. The maximum atomic E-state index is 5.96. The van der Waals surface area contributed by atoms with Crippen LogP contribution in [0.1, 0.15) is 26.2 Å². The summed E-state index contributed by atoms with van der Waals surface area (Å²) in [6.45, 7) is 7.42. The fourth-order valence-corrected chi connectivity index (χ4v) is 3.77. The summed E-state index contributed by atoms with van der Waals surface area (Å²) >= 11 is 0. The fourth-order valence-electron chi connectivity index (χ4n) is 3.77. The second kappa shape index (κ2) is 3.48. The Morgan fingerprint density at radius 3 is 2.80 bits per heavy atom. The van der Waals surface area contributed by atoms with E-state index in [2.05, 4.69) is 25.7 Å². The molecular formula is C14H20O. The van der Waals surface area contributed by atoms with E-state index in [9.17, 15) is 0 Å². The van der Waals surface area contributed by atoms with E-state index in [-0.39, 0.29) is 0 Å². The second-order valence-electron chi connectivity index (χ2n) is 5.50.